The van der Waals surface area contributed by atoms with Gasteiger partial charge in [0.15, 0.2) is 12.6 Å². The summed E-state index contributed by atoms with van der Waals surface area (Å²) in [6, 6.07) is 12.3. The van der Waals surface area contributed by atoms with Crippen molar-refractivity contribution in [3.8, 4) is 0 Å². The van der Waals surface area contributed by atoms with E-state index in [1.54, 1.807) is 42.5 Å². The van der Waals surface area contributed by atoms with Crippen LogP contribution in [-0.2, 0) is 14.3 Å². The van der Waals surface area contributed by atoms with Crippen molar-refractivity contribution in [1.82, 2.24) is 5.32 Å². The third-order valence-electron chi connectivity index (χ3n) is 3.62. The third-order valence-corrected chi connectivity index (χ3v) is 4.11. The van der Waals surface area contributed by atoms with Gasteiger partial charge < -0.3 is 20.5 Å². The van der Waals surface area contributed by atoms with E-state index in [1.807, 2.05) is 13.0 Å². The Kier molecular flexibility index (Phi) is 7.51. The van der Waals surface area contributed by atoms with E-state index in [4.69, 9.17) is 4.74 Å². The lowest BCUT2D eigenvalue weighted by Crippen LogP contribution is -2.45. The van der Waals surface area contributed by atoms with Gasteiger partial charge in [0.05, 0.1) is 6.61 Å². The summed E-state index contributed by atoms with van der Waals surface area (Å²) >= 11 is 3.33. The fourth-order valence-electron chi connectivity index (χ4n) is 2.20. The second kappa shape index (κ2) is 9.84. The summed E-state index contributed by atoms with van der Waals surface area (Å²) in [7, 11) is 0. The molecule has 0 aromatic heterocycles. The molecule has 0 saturated carbocycles. The summed E-state index contributed by atoms with van der Waals surface area (Å²) in [6.07, 6.45) is 0. The van der Waals surface area contributed by atoms with Crippen molar-refractivity contribution in [1.29, 1.82) is 0 Å². The first-order valence-corrected chi connectivity index (χ1v) is 8.89. The normalized spacial score (nSPS) is 11.4. The molecule has 0 radical (unpaired) electrons. The van der Waals surface area contributed by atoms with Crippen molar-refractivity contribution >= 4 is 39.4 Å². The Morgan fingerprint density at radius 3 is 2.48 bits per heavy atom. The molecule has 2 rings (SSSR count). The molecule has 0 spiro atoms. The number of benzene rings is 2. The van der Waals surface area contributed by atoms with Crippen LogP contribution in [0.4, 0.5) is 5.69 Å². The quantitative estimate of drug-likeness (QED) is 0.578. The molecule has 1 atom stereocenters. The van der Waals surface area contributed by atoms with Gasteiger partial charge in [-0.05, 0) is 42.8 Å². The highest BCUT2D eigenvalue weighted by molar-refractivity contribution is 9.10. The van der Waals surface area contributed by atoms with Crippen LogP contribution in [-0.4, -0.2) is 42.1 Å². The Labute approximate surface area is 164 Å². The minimum atomic E-state index is -1.26. The number of anilines is 1. The van der Waals surface area contributed by atoms with E-state index in [0.29, 0.717) is 11.3 Å². The van der Waals surface area contributed by atoms with E-state index < -0.39 is 37.0 Å². The number of hydrogen-bond donors (Lipinski definition) is 3. The molecule has 0 unspecified atom stereocenters. The van der Waals surface area contributed by atoms with Gasteiger partial charge in [-0.25, -0.2) is 4.79 Å². The Bertz CT molecular complexity index is 826. The Hall–Kier alpha value is -2.71. The van der Waals surface area contributed by atoms with E-state index in [9.17, 15) is 19.5 Å². The van der Waals surface area contributed by atoms with Crippen molar-refractivity contribution in [2.45, 2.75) is 13.0 Å². The SMILES string of the molecule is Cc1cc(Br)ccc1NC(=O)COC(=O)[C@@H](CO)NC(=O)c1ccccc1. The van der Waals surface area contributed by atoms with Gasteiger partial charge in [-0.1, -0.05) is 34.1 Å². The summed E-state index contributed by atoms with van der Waals surface area (Å²) in [5.74, 6) is -1.95. The molecule has 0 heterocycles. The molecule has 142 valence electrons. The number of carbonyl (C=O) groups excluding carboxylic acids is 3. The lowest BCUT2D eigenvalue weighted by molar-refractivity contribution is -0.150. The van der Waals surface area contributed by atoms with Crippen molar-refractivity contribution in [2.24, 2.45) is 0 Å². The van der Waals surface area contributed by atoms with Crippen LogP contribution in [0.25, 0.3) is 0 Å². The molecule has 2 aromatic rings. The summed E-state index contributed by atoms with van der Waals surface area (Å²) in [5, 5.41) is 14.3. The highest BCUT2D eigenvalue weighted by Crippen LogP contribution is 2.19. The van der Waals surface area contributed by atoms with Crippen LogP contribution in [0.5, 0.6) is 0 Å². The monoisotopic (exact) mass is 434 g/mol. The number of aliphatic hydroxyl groups excluding tert-OH is 1. The molecular formula is C19H19BrN2O5. The Balaban J connectivity index is 1.87. The second-order valence-electron chi connectivity index (χ2n) is 5.69. The smallest absolute Gasteiger partial charge is 0.331 e. The van der Waals surface area contributed by atoms with Crippen LogP contribution in [0.3, 0.4) is 0 Å². The highest BCUT2D eigenvalue weighted by atomic mass is 79.9. The third kappa shape index (κ3) is 6.19. The topological polar surface area (TPSA) is 105 Å². The van der Waals surface area contributed by atoms with Gasteiger partial charge in [0.2, 0.25) is 0 Å². The molecule has 7 nitrogen and oxygen atoms in total. The fourth-order valence-corrected chi connectivity index (χ4v) is 2.68. The molecule has 0 fully saturated rings. The number of halogens is 1. The molecule has 0 bridgehead atoms. The lowest BCUT2D eigenvalue weighted by atomic mass is 10.2. The molecule has 0 aliphatic heterocycles. The number of aryl methyl sites for hydroxylation is 1. The van der Waals surface area contributed by atoms with Gasteiger partial charge in [0, 0.05) is 15.7 Å². The molecule has 3 N–H and O–H groups in total. The maximum atomic E-state index is 12.0. The van der Waals surface area contributed by atoms with Crippen molar-refractivity contribution in [3.63, 3.8) is 0 Å². The average molecular weight is 435 g/mol. The van der Waals surface area contributed by atoms with Gasteiger partial charge in [-0.15, -0.1) is 0 Å². The van der Waals surface area contributed by atoms with Crippen LogP contribution in [0.2, 0.25) is 0 Å². The maximum Gasteiger partial charge on any atom is 0.331 e. The first kappa shape index (κ1) is 20.6. The standard InChI is InChI=1S/C19H19BrN2O5/c1-12-9-14(20)7-8-15(12)21-17(24)11-27-19(26)16(10-23)22-18(25)13-5-3-2-4-6-13/h2-9,16,23H,10-11H2,1H3,(H,21,24)(H,22,25)/t16-/m1/s1. The number of aliphatic hydroxyl groups is 1. The zero-order valence-electron chi connectivity index (χ0n) is 14.6. The van der Waals surface area contributed by atoms with E-state index >= 15 is 0 Å². The van der Waals surface area contributed by atoms with Crippen molar-refractivity contribution in [3.05, 3.63) is 64.1 Å². The number of carbonyl (C=O) groups is 3. The minimum absolute atomic E-state index is 0.340. The first-order valence-electron chi connectivity index (χ1n) is 8.10. The van der Waals surface area contributed by atoms with Gasteiger partial charge >= 0.3 is 5.97 Å². The van der Waals surface area contributed by atoms with Gasteiger partial charge in [-0.2, -0.15) is 0 Å². The van der Waals surface area contributed by atoms with Gasteiger partial charge in [0.25, 0.3) is 11.8 Å². The molecule has 2 aromatic carbocycles. The summed E-state index contributed by atoms with van der Waals surface area (Å²) < 4.78 is 5.77. The largest absolute Gasteiger partial charge is 0.454 e. The van der Waals surface area contributed by atoms with Crippen LogP contribution < -0.4 is 10.6 Å². The predicted molar refractivity (Wildman–Crippen MR) is 103 cm³/mol. The van der Waals surface area contributed by atoms with E-state index in [1.165, 1.54) is 0 Å². The number of esters is 1. The van der Waals surface area contributed by atoms with Crippen LogP contribution in [0, 0.1) is 6.92 Å². The Morgan fingerprint density at radius 2 is 1.85 bits per heavy atom. The van der Waals surface area contributed by atoms with Crippen LogP contribution in [0.15, 0.2) is 53.0 Å². The number of rotatable bonds is 7. The van der Waals surface area contributed by atoms with E-state index in [0.717, 1.165) is 10.0 Å². The molecule has 27 heavy (non-hydrogen) atoms. The first-order chi connectivity index (χ1) is 12.9. The number of ether oxygens (including phenoxy) is 1. The maximum absolute atomic E-state index is 12.0. The van der Waals surface area contributed by atoms with Crippen LogP contribution in [0.1, 0.15) is 15.9 Å². The fraction of sp³-hybridized carbons (Fsp3) is 0.211. The molecule has 0 saturated heterocycles. The van der Waals surface area contributed by atoms with Gasteiger partial charge in [0.1, 0.15) is 0 Å². The summed E-state index contributed by atoms with van der Waals surface area (Å²) in [5.41, 5.74) is 1.77. The minimum Gasteiger partial charge on any atom is -0.454 e. The number of hydrogen-bond acceptors (Lipinski definition) is 5. The molecular weight excluding hydrogens is 416 g/mol. The predicted octanol–water partition coefficient (Wildman–Crippen LogP) is 2.03. The molecule has 0 aliphatic rings. The lowest BCUT2D eigenvalue weighted by Gasteiger charge is -2.15. The summed E-state index contributed by atoms with van der Waals surface area (Å²) in [6.45, 7) is 0.643. The number of nitrogens with one attached hydrogen (secondary N) is 2. The zero-order chi connectivity index (χ0) is 19.8. The van der Waals surface area contributed by atoms with E-state index in [2.05, 4.69) is 26.6 Å². The molecule has 2 amide bonds. The highest BCUT2D eigenvalue weighted by Gasteiger charge is 2.23. The second-order valence-corrected chi connectivity index (χ2v) is 6.61. The van der Waals surface area contributed by atoms with Crippen molar-refractivity contribution in [2.75, 3.05) is 18.5 Å². The van der Waals surface area contributed by atoms with Crippen LogP contribution >= 0.6 is 15.9 Å². The average Bonchev–Trinajstić information content (AvgIpc) is 2.67. The number of amides is 2. The molecule has 0 aliphatic carbocycles. The zero-order valence-corrected chi connectivity index (χ0v) is 16.2. The molecule has 8 heteroatoms. The summed E-state index contributed by atoms with van der Waals surface area (Å²) in [4.78, 5) is 36.0. The van der Waals surface area contributed by atoms with E-state index in [-0.39, 0.29) is 0 Å². The van der Waals surface area contributed by atoms with Gasteiger partial charge in [-0.3, -0.25) is 9.59 Å². The Morgan fingerprint density at radius 1 is 1.15 bits per heavy atom. The van der Waals surface area contributed by atoms with Crippen molar-refractivity contribution < 1.29 is 24.2 Å².